The smallest absolute Gasteiger partial charge is 0.315 e. The van der Waals surface area contributed by atoms with Crippen molar-refractivity contribution in [2.45, 2.75) is 26.0 Å². The van der Waals surface area contributed by atoms with E-state index in [9.17, 15) is 9.90 Å². The summed E-state index contributed by atoms with van der Waals surface area (Å²) in [6.45, 7) is 2.72. The number of H-pyrrole nitrogens is 1. The number of nitrogens with one attached hydrogen (secondary N) is 3. The van der Waals surface area contributed by atoms with Gasteiger partial charge in [0.2, 0.25) is 0 Å². The largest absolute Gasteiger partial charge is 0.388 e. The predicted molar refractivity (Wildman–Crippen MR) is 97.1 cm³/mol. The number of carbonyl (C=O) groups is 1. The van der Waals surface area contributed by atoms with E-state index in [2.05, 4.69) is 20.6 Å². The Kier molecular flexibility index (Phi) is 5.30. The molecule has 4 N–H and O–H groups in total. The molecule has 0 saturated carbocycles. The highest BCUT2D eigenvalue weighted by Gasteiger charge is 2.09. The number of urea groups is 1. The average Bonchev–Trinajstić information content (AvgIpc) is 3.05. The number of amides is 2. The molecule has 0 spiro atoms. The first-order chi connectivity index (χ1) is 12.1. The van der Waals surface area contributed by atoms with Gasteiger partial charge in [-0.05, 0) is 30.5 Å². The second-order valence-electron chi connectivity index (χ2n) is 5.98. The van der Waals surface area contributed by atoms with Crippen molar-refractivity contribution in [1.82, 2.24) is 20.6 Å². The van der Waals surface area contributed by atoms with Gasteiger partial charge in [0.05, 0.1) is 23.7 Å². The number of aryl methyl sites for hydroxylation is 1. The standard InChI is InChI=1S/C19H22N4O2/c1-13-6-5-9-15-18(13)23-17(22-15)12-21-19(25)20-11-10-16(24)14-7-3-2-4-8-14/h2-9,16,24H,10-12H2,1H3,(H,22,23)(H2,20,21,25). The lowest BCUT2D eigenvalue weighted by molar-refractivity contribution is 0.167. The van der Waals surface area contributed by atoms with E-state index < -0.39 is 6.10 Å². The first kappa shape index (κ1) is 17.0. The number of aliphatic hydroxyl groups is 1. The number of benzene rings is 2. The Morgan fingerprint density at radius 1 is 1.16 bits per heavy atom. The van der Waals surface area contributed by atoms with E-state index >= 15 is 0 Å². The minimum atomic E-state index is -0.583. The third kappa shape index (κ3) is 4.36. The Hall–Kier alpha value is -2.86. The van der Waals surface area contributed by atoms with Crippen LogP contribution in [0.4, 0.5) is 4.79 Å². The van der Waals surface area contributed by atoms with Gasteiger partial charge in [0.1, 0.15) is 5.82 Å². The van der Waals surface area contributed by atoms with Crippen molar-refractivity contribution in [3.8, 4) is 0 Å². The molecule has 1 aromatic heterocycles. The summed E-state index contributed by atoms with van der Waals surface area (Å²) in [4.78, 5) is 19.6. The highest BCUT2D eigenvalue weighted by atomic mass is 16.3. The molecule has 0 aliphatic carbocycles. The zero-order chi connectivity index (χ0) is 17.6. The van der Waals surface area contributed by atoms with Crippen LogP contribution in [0.5, 0.6) is 0 Å². The van der Waals surface area contributed by atoms with Crippen LogP contribution in [0.3, 0.4) is 0 Å². The van der Waals surface area contributed by atoms with Gasteiger partial charge < -0.3 is 20.7 Å². The van der Waals surface area contributed by atoms with Crippen LogP contribution in [-0.2, 0) is 6.54 Å². The van der Waals surface area contributed by atoms with Crippen molar-refractivity contribution in [2.24, 2.45) is 0 Å². The Labute approximate surface area is 146 Å². The van der Waals surface area contributed by atoms with Crippen LogP contribution in [0.15, 0.2) is 48.5 Å². The van der Waals surface area contributed by atoms with Crippen LogP contribution in [-0.4, -0.2) is 27.7 Å². The van der Waals surface area contributed by atoms with E-state index in [1.165, 1.54) is 0 Å². The van der Waals surface area contributed by atoms with E-state index in [4.69, 9.17) is 0 Å². The lowest BCUT2D eigenvalue weighted by atomic mass is 10.1. The van der Waals surface area contributed by atoms with Gasteiger partial charge in [-0.1, -0.05) is 42.5 Å². The van der Waals surface area contributed by atoms with Crippen LogP contribution in [0, 0.1) is 6.92 Å². The van der Waals surface area contributed by atoms with E-state index in [1.54, 1.807) is 0 Å². The van der Waals surface area contributed by atoms with Crippen LogP contribution >= 0.6 is 0 Å². The zero-order valence-electron chi connectivity index (χ0n) is 14.1. The number of rotatable bonds is 6. The number of hydrogen-bond donors (Lipinski definition) is 4. The number of imidazole rings is 1. The van der Waals surface area contributed by atoms with Gasteiger partial charge in [0, 0.05) is 6.54 Å². The van der Waals surface area contributed by atoms with Crippen molar-refractivity contribution in [1.29, 1.82) is 0 Å². The Balaban J connectivity index is 1.44. The number of aliphatic hydroxyl groups excluding tert-OH is 1. The number of nitrogens with zero attached hydrogens (tertiary/aromatic N) is 1. The normalized spacial score (nSPS) is 12.1. The summed E-state index contributed by atoms with van der Waals surface area (Å²) < 4.78 is 0. The minimum Gasteiger partial charge on any atom is -0.388 e. The number of para-hydroxylation sites is 1. The van der Waals surface area contributed by atoms with E-state index in [0.717, 1.165) is 22.2 Å². The number of aromatic amines is 1. The molecule has 0 fully saturated rings. The molecule has 3 aromatic rings. The molecule has 2 aromatic carbocycles. The van der Waals surface area contributed by atoms with Gasteiger partial charge in [-0.2, -0.15) is 0 Å². The summed E-state index contributed by atoms with van der Waals surface area (Å²) in [6, 6.07) is 15.1. The van der Waals surface area contributed by atoms with Gasteiger partial charge in [0.25, 0.3) is 0 Å². The molecule has 0 bridgehead atoms. The molecule has 1 unspecified atom stereocenters. The van der Waals surface area contributed by atoms with Crippen molar-refractivity contribution in [3.05, 3.63) is 65.5 Å². The number of fused-ring (bicyclic) bond motifs is 1. The SMILES string of the molecule is Cc1cccc2[nH]c(CNC(=O)NCCC(O)c3ccccc3)nc12. The molecule has 130 valence electrons. The molecule has 3 rings (SSSR count). The summed E-state index contributed by atoms with van der Waals surface area (Å²) in [7, 11) is 0. The Morgan fingerprint density at radius 3 is 2.72 bits per heavy atom. The maximum absolute atomic E-state index is 11.9. The van der Waals surface area contributed by atoms with Gasteiger partial charge in [-0.25, -0.2) is 9.78 Å². The number of carbonyl (C=O) groups excluding carboxylic acids is 1. The second kappa shape index (κ2) is 7.81. The highest BCUT2D eigenvalue weighted by Crippen LogP contribution is 2.16. The molecule has 2 amide bonds. The fourth-order valence-electron chi connectivity index (χ4n) is 2.70. The molecule has 0 radical (unpaired) electrons. The van der Waals surface area contributed by atoms with Gasteiger partial charge in [-0.3, -0.25) is 0 Å². The van der Waals surface area contributed by atoms with Crippen LogP contribution in [0.2, 0.25) is 0 Å². The molecule has 25 heavy (non-hydrogen) atoms. The summed E-state index contributed by atoms with van der Waals surface area (Å²) in [5.41, 5.74) is 3.83. The monoisotopic (exact) mass is 338 g/mol. The average molecular weight is 338 g/mol. The van der Waals surface area contributed by atoms with Crippen molar-refractivity contribution >= 4 is 17.1 Å². The third-order valence-corrected chi connectivity index (χ3v) is 4.07. The predicted octanol–water partition coefficient (Wildman–Crippen LogP) is 2.79. The Bertz CT molecular complexity index is 845. The van der Waals surface area contributed by atoms with Crippen LogP contribution in [0.25, 0.3) is 11.0 Å². The van der Waals surface area contributed by atoms with Gasteiger partial charge in [0.15, 0.2) is 0 Å². The molecule has 1 atom stereocenters. The summed E-state index contributed by atoms with van der Waals surface area (Å²) in [5.74, 6) is 0.712. The molecule has 6 nitrogen and oxygen atoms in total. The summed E-state index contributed by atoms with van der Waals surface area (Å²) in [5, 5.41) is 15.6. The van der Waals surface area contributed by atoms with Crippen molar-refractivity contribution in [3.63, 3.8) is 0 Å². The second-order valence-corrected chi connectivity index (χ2v) is 5.98. The van der Waals surface area contributed by atoms with Gasteiger partial charge >= 0.3 is 6.03 Å². The van der Waals surface area contributed by atoms with Crippen molar-refractivity contribution in [2.75, 3.05) is 6.54 Å². The lowest BCUT2D eigenvalue weighted by Crippen LogP contribution is -2.36. The highest BCUT2D eigenvalue weighted by molar-refractivity contribution is 5.78. The molecular weight excluding hydrogens is 316 g/mol. The first-order valence-corrected chi connectivity index (χ1v) is 8.32. The first-order valence-electron chi connectivity index (χ1n) is 8.32. The van der Waals surface area contributed by atoms with Crippen LogP contribution in [0.1, 0.15) is 29.5 Å². The van der Waals surface area contributed by atoms with Crippen LogP contribution < -0.4 is 10.6 Å². The third-order valence-electron chi connectivity index (χ3n) is 4.07. The maximum atomic E-state index is 11.9. The van der Waals surface area contributed by atoms with E-state index in [1.807, 2.05) is 55.5 Å². The number of aromatic nitrogens is 2. The molecule has 0 saturated heterocycles. The lowest BCUT2D eigenvalue weighted by Gasteiger charge is -2.11. The van der Waals surface area contributed by atoms with Crippen molar-refractivity contribution < 1.29 is 9.90 Å². The summed E-state index contributed by atoms with van der Waals surface area (Å²) >= 11 is 0. The molecule has 1 heterocycles. The zero-order valence-corrected chi connectivity index (χ0v) is 14.1. The molecule has 0 aliphatic rings. The molecular formula is C19H22N4O2. The Morgan fingerprint density at radius 2 is 1.96 bits per heavy atom. The number of hydrogen-bond acceptors (Lipinski definition) is 3. The quantitative estimate of drug-likeness (QED) is 0.557. The maximum Gasteiger partial charge on any atom is 0.315 e. The molecule has 6 heteroatoms. The topological polar surface area (TPSA) is 90.0 Å². The molecule has 0 aliphatic heterocycles. The summed E-state index contributed by atoms with van der Waals surface area (Å²) in [6.07, 6.45) is -0.124. The fourth-order valence-corrected chi connectivity index (χ4v) is 2.70. The van der Waals surface area contributed by atoms with E-state index in [-0.39, 0.29) is 6.03 Å². The van der Waals surface area contributed by atoms with Gasteiger partial charge in [-0.15, -0.1) is 0 Å². The fraction of sp³-hybridized carbons (Fsp3) is 0.263. The minimum absolute atomic E-state index is 0.280. The van der Waals surface area contributed by atoms with E-state index in [0.29, 0.717) is 25.3 Å².